The first-order valence-electron chi connectivity index (χ1n) is 7.01. The number of rotatable bonds is 4. The van der Waals surface area contributed by atoms with Crippen LogP contribution in [0.1, 0.15) is 52.6 Å². The number of nitrogens with one attached hydrogen (secondary N) is 1. The summed E-state index contributed by atoms with van der Waals surface area (Å²) in [7, 11) is 0. The lowest BCUT2D eigenvalue weighted by Gasteiger charge is -2.06. The third-order valence-corrected chi connectivity index (χ3v) is 3.82. The van der Waals surface area contributed by atoms with Gasteiger partial charge >= 0.3 is 0 Å². The number of hydrogen-bond acceptors (Lipinski definition) is 4. The van der Waals surface area contributed by atoms with E-state index >= 15 is 0 Å². The van der Waals surface area contributed by atoms with Crippen LogP contribution in [0.15, 0.2) is 43.0 Å². The average molecular weight is 320 g/mol. The predicted octanol–water partition coefficient (Wildman–Crippen LogP) is 1.54. The first-order chi connectivity index (χ1) is 11.4. The summed E-state index contributed by atoms with van der Waals surface area (Å²) in [5.74, 6) is -1.50. The van der Waals surface area contributed by atoms with Gasteiger partial charge in [-0.2, -0.15) is 0 Å². The van der Waals surface area contributed by atoms with Gasteiger partial charge in [0, 0.05) is 33.5 Å². The van der Waals surface area contributed by atoms with Crippen LogP contribution < -0.4 is 11.1 Å². The number of carbonyl (C=O) groups is 4. The minimum atomic E-state index is -0.795. The Labute approximate surface area is 137 Å². The summed E-state index contributed by atoms with van der Waals surface area (Å²) in [4.78, 5) is 46.8. The summed E-state index contributed by atoms with van der Waals surface area (Å²) < 4.78 is 0. The fourth-order valence-electron chi connectivity index (χ4n) is 2.59. The first kappa shape index (κ1) is 15.4. The molecule has 24 heavy (non-hydrogen) atoms. The van der Waals surface area contributed by atoms with Crippen molar-refractivity contribution in [3.8, 4) is 0 Å². The van der Waals surface area contributed by atoms with Crippen molar-refractivity contribution in [1.82, 2.24) is 5.32 Å². The SMILES string of the molecule is C=C1NC(=O)c2cc(C(=O)c3ccc(C=O)c(C(N)=O)c3)ccc21. The number of ketones is 1. The summed E-state index contributed by atoms with van der Waals surface area (Å²) in [5.41, 5.74) is 7.31. The summed E-state index contributed by atoms with van der Waals surface area (Å²) in [6.07, 6.45) is 0.500. The molecule has 3 N–H and O–H groups in total. The molecule has 6 heteroatoms. The Morgan fingerprint density at radius 2 is 1.71 bits per heavy atom. The van der Waals surface area contributed by atoms with Gasteiger partial charge in [-0.3, -0.25) is 19.2 Å². The van der Waals surface area contributed by atoms with Crippen molar-refractivity contribution in [2.75, 3.05) is 0 Å². The van der Waals surface area contributed by atoms with Crippen molar-refractivity contribution in [1.29, 1.82) is 0 Å². The standard InChI is InChI=1S/C18H12N2O4/c1-9-13-5-4-11(7-15(13)18(24)20-9)16(22)10-2-3-12(8-21)14(6-10)17(19)23/h2-8H,1H2,(H2,19,23)(H,20,24). The third kappa shape index (κ3) is 2.40. The topological polar surface area (TPSA) is 106 Å². The van der Waals surface area contributed by atoms with Crippen LogP contribution in [0.2, 0.25) is 0 Å². The van der Waals surface area contributed by atoms with Crippen molar-refractivity contribution in [2.24, 2.45) is 5.73 Å². The zero-order chi connectivity index (χ0) is 17.4. The van der Waals surface area contributed by atoms with Crippen LogP contribution in [0.5, 0.6) is 0 Å². The molecule has 2 aromatic rings. The second-order valence-electron chi connectivity index (χ2n) is 5.31. The lowest BCUT2D eigenvalue weighted by Crippen LogP contribution is -2.15. The van der Waals surface area contributed by atoms with Crippen LogP contribution in [0.25, 0.3) is 5.70 Å². The molecule has 0 saturated heterocycles. The molecule has 0 spiro atoms. The molecule has 118 valence electrons. The smallest absolute Gasteiger partial charge is 0.256 e. The highest BCUT2D eigenvalue weighted by atomic mass is 16.2. The Balaban J connectivity index is 2.04. The molecule has 0 unspecified atom stereocenters. The molecule has 2 amide bonds. The van der Waals surface area contributed by atoms with Crippen molar-refractivity contribution in [3.63, 3.8) is 0 Å². The molecule has 0 aliphatic carbocycles. The molecule has 3 rings (SSSR count). The zero-order valence-electron chi connectivity index (χ0n) is 12.5. The molecule has 0 saturated carbocycles. The van der Waals surface area contributed by atoms with Crippen LogP contribution in [0, 0.1) is 0 Å². The highest BCUT2D eigenvalue weighted by Gasteiger charge is 2.24. The molecule has 0 bridgehead atoms. The summed E-state index contributed by atoms with van der Waals surface area (Å²) in [5, 5.41) is 2.58. The van der Waals surface area contributed by atoms with Gasteiger partial charge in [-0.1, -0.05) is 30.8 Å². The molecule has 1 aliphatic rings. The van der Waals surface area contributed by atoms with E-state index in [-0.39, 0.29) is 33.9 Å². The van der Waals surface area contributed by atoms with E-state index in [0.29, 0.717) is 23.1 Å². The molecular formula is C18H12N2O4. The van der Waals surface area contributed by atoms with Gasteiger partial charge in [0.15, 0.2) is 12.1 Å². The first-order valence-corrected chi connectivity index (χ1v) is 7.01. The minimum absolute atomic E-state index is 0.0249. The van der Waals surface area contributed by atoms with Gasteiger partial charge in [0.05, 0.1) is 5.56 Å². The third-order valence-electron chi connectivity index (χ3n) is 3.82. The van der Waals surface area contributed by atoms with Crippen molar-refractivity contribution >= 4 is 29.6 Å². The number of hydrogen-bond donors (Lipinski definition) is 2. The zero-order valence-corrected chi connectivity index (χ0v) is 12.5. The maximum Gasteiger partial charge on any atom is 0.256 e. The van der Waals surface area contributed by atoms with Crippen LogP contribution in [-0.4, -0.2) is 23.9 Å². The van der Waals surface area contributed by atoms with Gasteiger partial charge in [0.25, 0.3) is 5.91 Å². The lowest BCUT2D eigenvalue weighted by atomic mass is 9.96. The Hall–Kier alpha value is -3.54. The highest BCUT2D eigenvalue weighted by Crippen LogP contribution is 2.25. The van der Waals surface area contributed by atoms with Gasteiger partial charge in [0.1, 0.15) is 0 Å². The Bertz CT molecular complexity index is 931. The van der Waals surface area contributed by atoms with Crippen LogP contribution in [0.4, 0.5) is 0 Å². The largest absolute Gasteiger partial charge is 0.366 e. The molecule has 0 radical (unpaired) electrons. The molecule has 1 heterocycles. The molecule has 2 aromatic carbocycles. The normalized spacial score (nSPS) is 12.5. The van der Waals surface area contributed by atoms with Crippen molar-refractivity contribution in [2.45, 2.75) is 0 Å². The van der Waals surface area contributed by atoms with Crippen LogP contribution in [0.3, 0.4) is 0 Å². The lowest BCUT2D eigenvalue weighted by molar-refractivity contribution is 0.0977. The van der Waals surface area contributed by atoms with Crippen molar-refractivity contribution < 1.29 is 19.2 Å². The number of carbonyl (C=O) groups excluding carboxylic acids is 4. The van der Waals surface area contributed by atoms with E-state index in [0.717, 1.165) is 0 Å². The number of aldehydes is 1. The van der Waals surface area contributed by atoms with Gasteiger partial charge in [-0.05, 0) is 12.1 Å². The monoisotopic (exact) mass is 320 g/mol. The van der Waals surface area contributed by atoms with Gasteiger partial charge < -0.3 is 11.1 Å². The van der Waals surface area contributed by atoms with E-state index < -0.39 is 5.91 Å². The number of fused-ring (bicyclic) bond motifs is 1. The molecular weight excluding hydrogens is 308 g/mol. The Morgan fingerprint density at radius 1 is 1.04 bits per heavy atom. The molecule has 0 fully saturated rings. The van der Waals surface area contributed by atoms with Crippen LogP contribution in [-0.2, 0) is 0 Å². The minimum Gasteiger partial charge on any atom is -0.366 e. The number of nitrogens with two attached hydrogens (primary N) is 1. The maximum absolute atomic E-state index is 12.6. The second-order valence-corrected chi connectivity index (χ2v) is 5.31. The van der Waals surface area contributed by atoms with Crippen molar-refractivity contribution in [3.05, 3.63) is 76.4 Å². The molecule has 6 nitrogen and oxygen atoms in total. The van der Waals surface area contributed by atoms with Gasteiger partial charge in [-0.15, -0.1) is 0 Å². The maximum atomic E-state index is 12.6. The van der Waals surface area contributed by atoms with E-state index in [1.165, 1.54) is 24.3 Å². The quantitative estimate of drug-likeness (QED) is 0.658. The van der Waals surface area contributed by atoms with E-state index in [9.17, 15) is 19.2 Å². The number of primary amides is 1. The summed E-state index contributed by atoms with van der Waals surface area (Å²) >= 11 is 0. The van der Waals surface area contributed by atoms with E-state index in [1.807, 2.05) is 0 Å². The number of benzene rings is 2. The Kier molecular flexibility index (Phi) is 3.57. The molecule has 0 atom stereocenters. The fourth-order valence-corrected chi connectivity index (χ4v) is 2.59. The number of amides is 2. The molecule has 0 aromatic heterocycles. The summed E-state index contributed by atoms with van der Waals surface area (Å²) in [6, 6.07) is 8.76. The fraction of sp³-hybridized carbons (Fsp3) is 0. The van der Waals surface area contributed by atoms with E-state index in [4.69, 9.17) is 5.73 Å². The predicted molar refractivity (Wildman–Crippen MR) is 86.7 cm³/mol. The Morgan fingerprint density at radius 3 is 2.38 bits per heavy atom. The van der Waals surface area contributed by atoms with Gasteiger partial charge in [-0.25, -0.2) is 0 Å². The van der Waals surface area contributed by atoms with Gasteiger partial charge in [0.2, 0.25) is 5.91 Å². The average Bonchev–Trinajstić information content (AvgIpc) is 2.87. The van der Waals surface area contributed by atoms with E-state index in [1.54, 1.807) is 12.1 Å². The second kappa shape index (κ2) is 5.58. The van der Waals surface area contributed by atoms with Crippen LogP contribution >= 0.6 is 0 Å². The summed E-state index contributed by atoms with van der Waals surface area (Å²) in [6.45, 7) is 3.73. The highest BCUT2D eigenvalue weighted by molar-refractivity contribution is 6.14. The van der Waals surface area contributed by atoms with E-state index in [2.05, 4.69) is 11.9 Å². The molecule has 1 aliphatic heterocycles.